The lowest BCUT2D eigenvalue weighted by Crippen LogP contribution is -2.39. The van der Waals surface area contributed by atoms with Gasteiger partial charge in [0.15, 0.2) is 6.04 Å². The molecule has 0 aliphatic heterocycles. The van der Waals surface area contributed by atoms with E-state index in [0.717, 1.165) is 5.56 Å². The smallest absolute Gasteiger partial charge is 0.411 e. The van der Waals surface area contributed by atoms with Crippen LogP contribution in [0.15, 0.2) is 60.7 Å². The Balaban J connectivity index is 2.12. The van der Waals surface area contributed by atoms with Crippen molar-refractivity contribution < 1.29 is 19.4 Å². The lowest BCUT2D eigenvalue weighted by molar-refractivity contribution is -0.143. The maximum atomic E-state index is 12.3. The molecule has 0 heterocycles. The molecular weight excluding hydrogens is 294 g/mol. The number of benzene rings is 2. The van der Waals surface area contributed by atoms with Crippen molar-refractivity contribution in [2.45, 2.75) is 19.6 Å². The van der Waals surface area contributed by atoms with Crippen LogP contribution in [0.2, 0.25) is 0 Å². The quantitative estimate of drug-likeness (QED) is 0.886. The summed E-state index contributed by atoms with van der Waals surface area (Å²) in [5.41, 5.74) is 1.39. The molecule has 1 atom stereocenters. The van der Waals surface area contributed by atoms with Gasteiger partial charge in [0, 0.05) is 6.54 Å². The summed E-state index contributed by atoms with van der Waals surface area (Å²) in [6.07, 6.45) is -0.646. The Morgan fingerprint density at radius 2 is 1.61 bits per heavy atom. The molecule has 0 spiro atoms. The van der Waals surface area contributed by atoms with Gasteiger partial charge in [-0.15, -0.1) is 0 Å². The highest BCUT2D eigenvalue weighted by molar-refractivity contribution is 5.81. The van der Waals surface area contributed by atoms with Crippen LogP contribution in [0, 0.1) is 0 Å². The Kier molecular flexibility index (Phi) is 5.74. The number of rotatable bonds is 6. The van der Waals surface area contributed by atoms with Gasteiger partial charge in [-0.1, -0.05) is 60.7 Å². The van der Waals surface area contributed by atoms with Gasteiger partial charge in [-0.3, -0.25) is 4.90 Å². The van der Waals surface area contributed by atoms with E-state index in [1.807, 2.05) is 30.3 Å². The van der Waals surface area contributed by atoms with Crippen molar-refractivity contribution >= 4 is 12.1 Å². The summed E-state index contributed by atoms with van der Waals surface area (Å²) >= 11 is 0. The first kappa shape index (κ1) is 16.5. The second kappa shape index (κ2) is 7.98. The SMILES string of the molecule is CCN(C(=O)OCc1ccccc1)C(C(=O)O)c1ccccc1. The van der Waals surface area contributed by atoms with E-state index >= 15 is 0 Å². The van der Waals surface area contributed by atoms with E-state index in [2.05, 4.69) is 0 Å². The Hall–Kier alpha value is -2.82. The molecule has 0 aromatic heterocycles. The molecule has 0 bridgehead atoms. The first-order valence-corrected chi connectivity index (χ1v) is 7.38. The highest BCUT2D eigenvalue weighted by Gasteiger charge is 2.31. The number of carbonyl (C=O) groups excluding carboxylic acids is 1. The molecule has 2 aromatic carbocycles. The van der Waals surface area contributed by atoms with Crippen LogP contribution >= 0.6 is 0 Å². The van der Waals surface area contributed by atoms with E-state index in [1.165, 1.54) is 4.90 Å². The number of likely N-dealkylation sites (N-methyl/N-ethyl adjacent to an activating group) is 1. The number of carbonyl (C=O) groups is 2. The zero-order valence-electron chi connectivity index (χ0n) is 12.9. The van der Waals surface area contributed by atoms with Gasteiger partial charge >= 0.3 is 12.1 Å². The number of hydrogen-bond acceptors (Lipinski definition) is 3. The lowest BCUT2D eigenvalue weighted by Gasteiger charge is -2.27. The molecule has 0 fully saturated rings. The summed E-state index contributed by atoms with van der Waals surface area (Å²) < 4.78 is 5.26. The third kappa shape index (κ3) is 4.32. The number of amides is 1. The molecular formula is C18H19NO4. The molecule has 23 heavy (non-hydrogen) atoms. The highest BCUT2D eigenvalue weighted by Crippen LogP contribution is 2.22. The first-order chi connectivity index (χ1) is 11.1. The summed E-state index contributed by atoms with van der Waals surface area (Å²) in [4.78, 5) is 25.1. The fourth-order valence-corrected chi connectivity index (χ4v) is 2.31. The predicted molar refractivity (Wildman–Crippen MR) is 85.8 cm³/mol. The summed E-state index contributed by atoms with van der Waals surface area (Å²) in [5, 5.41) is 9.51. The van der Waals surface area contributed by atoms with Crippen LogP contribution in [0.4, 0.5) is 4.79 Å². The Morgan fingerprint density at radius 3 is 2.13 bits per heavy atom. The Labute approximate surface area is 135 Å². The minimum Gasteiger partial charge on any atom is -0.479 e. The van der Waals surface area contributed by atoms with E-state index in [9.17, 15) is 14.7 Å². The van der Waals surface area contributed by atoms with Crippen molar-refractivity contribution in [3.05, 3.63) is 71.8 Å². The topological polar surface area (TPSA) is 66.8 Å². The number of carboxylic acids is 1. The van der Waals surface area contributed by atoms with Crippen molar-refractivity contribution in [2.24, 2.45) is 0 Å². The molecule has 120 valence electrons. The van der Waals surface area contributed by atoms with Gasteiger partial charge < -0.3 is 9.84 Å². The minimum absolute atomic E-state index is 0.108. The average molecular weight is 313 g/mol. The Bertz CT molecular complexity index is 643. The van der Waals surface area contributed by atoms with Gasteiger partial charge in [0.2, 0.25) is 0 Å². The number of ether oxygens (including phenoxy) is 1. The van der Waals surface area contributed by atoms with Crippen molar-refractivity contribution in [2.75, 3.05) is 6.54 Å². The number of carboxylic acid groups (broad SMARTS) is 1. The molecule has 0 radical (unpaired) electrons. The summed E-state index contributed by atoms with van der Waals surface area (Å²) in [7, 11) is 0. The lowest BCUT2D eigenvalue weighted by atomic mass is 10.1. The third-order valence-electron chi connectivity index (χ3n) is 3.44. The van der Waals surface area contributed by atoms with Gasteiger partial charge in [-0.2, -0.15) is 0 Å². The standard InChI is InChI=1S/C18H19NO4/c1-2-19(16(17(20)21)15-11-7-4-8-12-15)18(22)23-13-14-9-5-3-6-10-14/h3-12,16H,2,13H2,1H3,(H,20,21). The highest BCUT2D eigenvalue weighted by atomic mass is 16.6. The predicted octanol–water partition coefficient (Wildman–Crippen LogP) is 3.47. The molecule has 1 amide bonds. The van der Waals surface area contributed by atoms with Crippen molar-refractivity contribution in [3.8, 4) is 0 Å². The Morgan fingerprint density at radius 1 is 1.04 bits per heavy atom. The molecule has 2 aromatic rings. The van der Waals surface area contributed by atoms with Crippen molar-refractivity contribution in [1.29, 1.82) is 0 Å². The molecule has 1 unspecified atom stereocenters. The number of hydrogen-bond donors (Lipinski definition) is 1. The van der Waals surface area contributed by atoms with Gasteiger partial charge in [-0.05, 0) is 18.1 Å². The van der Waals surface area contributed by atoms with E-state index in [1.54, 1.807) is 37.3 Å². The van der Waals surface area contributed by atoms with Crippen LogP contribution in [0.25, 0.3) is 0 Å². The molecule has 5 nitrogen and oxygen atoms in total. The zero-order chi connectivity index (χ0) is 16.7. The molecule has 0 saturated carbocycles. The maximum Gasteiger partial charge on any atom is 0.411 e. The van der Waals surface area contributed by atoms with Crippen LogP contribution in [0.5, 0.6) is 0 Å². The number of nitrogens with zero attached hydrogens (tertiary/aromatic N) is 1. The van der Waals surface area contributed by atoms with E-state index < -0.39 is 18.1 Å². The van der Waals surface area contributed by atoms with Crippen LogP contribution in [0.1, 0.15) is 24.1 Å². The first-order valence-electron chi connectivity index (χ1n) is 7.38. The average Bonchev–Trinajstić information content (AvgIpc) is 2.58. The molecule has 5 heteroatoms. The van der Waals surface area contributed by atoms with Crippen LogP contribution in [-0.2, 0) is 16.1 Å². The minimum atomic E-state index is -1.09. The van der Waals surface area contributed by atoms with Gasteiger partial charge in [-0.25, -0.2) is 9.59 Å². The van der Waals surface area contributed by atoms with E-state index in [-0.39, 0.29) is 13.2 Å². The monoisotopic (exact) mass is 313 g/mol. The van der Waals surface area contributed by atoms with E-state index in [4.69, 9.17) is 4.74 Å². The van der Waals surface area contributed by atoms with E-state index in [0.29, 0.717) is 5.56 Å². The molecule has 0 aliphatic carbocycles. The largest absolute Gasteiger partial charge is 0.479 e. The van der Waals surface area contributed by atoms with Crippen molar-refractivity contribution in [3.63, 3.8) is 0 Å². The second-order valence-electron chi connectivity index (χ2n) is 4.98. The van der Waals surface area contributed by atoms with Gasteiger partial charge in [0.1, 0.15) is 6.61 Å². The fourth-order valence-electron chi connectivity index (χ4n) is 2.31. The fraction of sp³-hybridized carbons (Fsp3) is 0.222. The van der Waals surface area contributed by atoms with Crippen LogP contribution < -0.4 is 0 Å². The van der Waals surface area contributed by atoms with Crippen LogP contribution in [0.3, 0.4) is 0 Å². The third-order valence-corrected chi connectivity index (χ3v) is 3.44. The summed E-state index contributed by atoms with van der Waals surface area (Å²) in [6, 6.07) is 16.9. The molecule has 0 saturated heterocycles. The van der Waals surface area contributed by atoms with Gasteiger partial charge in [0.05, 0.1) is 0 Å². The second-order valence-corrected chi connectivity index (χ2v) is 4.98. The number of aliphatic carboxylic acids is 1. The molecule has 1 N–H and O–H groups in total. The van der Waals surface area contributed by atoms with Crippen molar-refractivity contribution in [1.82, 2.24) is 4.90 Å². The summed E-state index contributed by atoms with van der Waals surface area (Å²) in [5.74, 6) is -1.09. The van der Waals surface area contributed by atoms with Gasteiger partial charge in [0.25, 0.3) is 0 Å². The zero-order valence-corrected chi connectivity index (χ0v) is 12.9. The molecule has 2 rings (SSSR count). The summed E-state index contributed by atoms with van der Waals surface area (Å²) in [6.45, 7) is 2.07. The van der Waals surface area contributed by atoms with Crippen LogP contribution in [-0.4, -0.2) is 28.6 Å². The maximum absolute atomic E-state index is 12.3. The molecule has 0 aliphatic rings. The normalized spacial score (nSPS) is 11.5.